The summed E-state index contributed by atoms with van der Waals surface area (Å²) in [5.74, 6) is 0.903. The summed E-state index contributed by atoms with van der Waals surface area (Å²) in [5.41, 5.74) is 1.44. The number of aryl methyl sites for hydroxylation is 1. The van der Waals surface area contributed by atoms with Gasteiger partial charge in [-0.15, -0.1) is 0 Å². The van der Waals surface area contributed by atoms with Gasteiger partial charge in [0.2, 0.25) is 0 Å². The molecule has 0 atom stereocenters. The van der Waals surface area contributed by atoms with Crippen molar-refractivity contribution in [2.75, 3.05) is 0 Å². The summed E-state index contributed by atoms with van der Waals surface area (Å²) in [5, 5.41) is 0. The molecule has 0 unspecified atom stereocenters. The van der Waals surface area contributed by atoms with Crippen molar-refractivity contribution in [3.63, 3.8) is 0 Å². The first-order valence-corrected chi connectivity index (χ1v) is 10.7. The maximum atomic E-state index is 2.27. The Morgan fingerprint density at radius 2 is 1.04 bits per heavy atom. The first-order chi connectivity index (χ1) is 11.7. The molecule has 0 saturated carbocycles. The van der Waals surface area contributed by atoms with Gasteiger partial charge in [-0.1, -0.05) is 154 Å². The SMILES string of the molecule is C.C.CC.CC.CC.CC.CCCCC(C)C.CCCc1ccccc1. The molecular weight excluding hydrogens is 312 g/mol. The number of hydrogen-bond donors (Lipinski definition) is 0. The summed E-state index contributed by atoms with van der Waals surface area (Å²) in [4.78, 5) is 0. The van der Waals surface area contributed by atoms with E-state index in [-0.39, 0.29) is 14.9 Å². The predicted octanol–water partition coefficient (Wildman–Crippen LogP) is 10.8. The Morgan fingerprint density at radius 1 is 0.654 bits per heavy atom. The molecule has 0 nitrogen and oxygen atoms in total. The van der Waals surface area contributed by atoms with Crippen LogP contribution in [0.3, 0.4) is 0 Å². The van der Waals surface area contributed by atoms with Gasteiger partial charge in [0.05, 0.1) is 0 Å². The van der Waals surface area contributed by atoms with Crippen molar-refractivity contribution in [2.24, 2.45) is 5.92 Å². The Bertz CT molecular complexity index is 223. The van der Waals surface area contributed by atoms with Crippen LogP contribution in [0.5, 0.6) is 0 Å². The van der Waals surface area contributed by atoms with Crippen LogP contribution in [0.15, 0.2) is 30.3 Å². The molecule has 1 aromatic carbocycles. The lowest BCUT2D eigenvalue weighted by atomic mass is 10.1. The molecule has 0 aliphatic rings. The minimum atomic E-state index is 0. The molecule has 1 aromatic rings. The van der Waals surface area contributed by atoms with Crippen molar-refractivity contribution in [1.82, 2.24) is 0 Å². The smallest absolute Gasteiger partial charge is 0.0281 e. The molecule has 0 heterocycles. The molecule has 26 heavy (non-hydrogen) atoms. The molecule has 0 aliphatic carbocycles. The van der Waals surface area contributed by atoms with Gasteiger partial charge in [-0.3, -0.25) is 0 Å². The first-order valence-electron chi connectivity index (χ1n) is 10.7. The van der Waals surface area contributed by atoms with Crippen molar-refractivity contribution < 1.29 is 0 Å². The maximum absolute atomic E-state index is 2.27. The predicted molar refractivity (Wildman–Crippen MR) is 134 cm³/mol. The molecule has 0 radical (unpaired) electrons. The zero-order chi connectivity index (χ0) is 20.2. The van der Waals surface area contributed by atoms with Crippen molar-refractivity contribution in [2.45, 2.75) is 130 Å². The van der Waals surface area contributed by atoms with Gasteiger partial charge in [0.15, 0.2) is 0 Å². The fourth-order valence-electron chi connectivity index (χ4n) is 1.55. The average molecular weight is 373 g/mol. The summed E-state index contributed by atoms with van der Waals surface area (Å²) in [6.07, 6.45) is 6.59. The standard InChI is InChI=1S/C9H12.C7H16.4C2H6.2CH4/c1-2-6-9-7-4-3-5-8-9;1-4-5-6-7(2)3;4*1-2;;/h3-5,7-8H,2,6H2,1H3;7H,4-6H2,1-3H3;4*1-2H3;2*1H4. The van der Waals surface area contributed by atoms with E-state index in [1.807, 2.05) is 55.4 Å². The van der Waals surface area contributed by atoms with Crippen molar-refractivity contribution in [1.29, 1.82) is 0 Å². The van der Waals surface area contributed by atoms with Crippen LogP contribution < -0.4 is 0 Å². The fraction of sp³-hybridized carbons (Fsp3) is 0.769. The van der Waals surface area contributed by atoms with Gasteiger partial charge in [0.1, 0.15) is 0 Å². The van der Waals surface area contributed by atoms with E-state index in [0.717, 1.165) is 5.92 Å². The summed E-state index contributed by atoms with van der Waals surface area (Å²) in [7, 11) is 0. The molecule has 0 N–H and O–H groups in total. The van der Waals surface area contributed by atoms with Crippen LogP contribution in [-0.4, -0.2) is 0 Å². The van der Waals surface area contributed by atoms with Gasteiger partial charge in [-0.05, 0) is 17.9 Å². The average Bonchev–Trinajstić information content (AvgIpc) is 2.68. The monoisotopic (exact) mass is 372 g/mol. The summed E-state index contributed by atoms with van der Waals surface area (Å²) < 4.78 is 0. The lowest BCUT2D eigenvalue weighted by molar-refractivity contribution is 0.550. The Balaban J connectivity index is -0.0000000385. The highest BCUT2D eigenvalue weighted by molar-refractivity contribution is 5.14. The first kappa shape index (κ1) is 44.6. The number of rotatable bonds is 5. The second-order valence-corrected chi connectivity index (χ2v) is 4.77. The Kier molecular flexibility index (Phi) is 96.6. The van der Waals surface area contributed by atoms with Gasteiger partial charge in [0.25, 0.3) is 0 Å². The number of hydrogen-bond acceptors (Lipinski definition) is 0. The molecule has 0 saturated heterocycles. The second kappa shape index (κ2) is 56.4. The van der Waals surface area contributed by atoms with Gasteiger partial charge in [0, 0.05) is 0 Å². The van der Waals surface area contributed by atoms with Crippen LogP contribution in [0.4, 0.5) is 0 Å². The van der Waals surface area contributed by atoms with Crippen LogP contribution in [0.25, 0.3) is 0 Å². The topological polar surface area (TPSA) is 0 Å². The van der Waals surface area contributed by atoms with Gasteiger partial charge in [-0.2, -0.15) is 0 Å². The summed E-state index contributed by atoms with van der Waals surface area (Å²) >= 11 is 0. The minimum absolute atomic E-state index is 0. The lowest BCUT2D eigenvalue weighted by Crippen LogP contribution is -1.83. The summed E-state index contributed by atoms with van der Waals surface area (Å²) in [6, 6.07) is 10.6. The molecule has 0 fully saturated rings. The third kappa shape index (κ3) is 56.7. The molecule has 0 amide bonds. The van der Waals surface area contributed by atoms with E-state index in [2.05, 4.69) is 58.0 Å². The van der Waals surface area contributed by atoms with Crippen LogP contribution in [0.1, 0.15) is 129 Å². The normalized spacial score (nSPS) is 6.96. The molecule has 164 valence electrons. The van der Waals surface area contributed by atoms with E-state index in [1.165, 1.54) is 37.7 Å². The third-order valence-electron chi connectivity index (χ3n) is 2.52. The van der Waals surface area contributed by atoms with E-state index in [9.17, 15) is 0 Å². The Hall–Kier alpha value is -0.780. The maximum Gasteiger partial charge on any atom is -0.0281 e. The van der Waals surface area contributed by atoms with E-state index in [4.69, 9.17) is 0 Å². The van der Waals surface area contributed by atoms with Gasteiger partial charge in [-0.25, -0.2) is 0 Å². The Morgan fingerprint density at radius 3 is 1.27 bits per heavy atom. The zero-order valence-electron chi connectivity index (χ0n) is 19.5. The largest absolute Gasteiger partial charge is 0.0776 e. The molecule has 0 aliphatic heterocycles. The van der Waals surface area contributed by atoms with Crippen molar-refractivity contribution >= 4 is 0 Å². The molecule has 0 bridgehead atoms. The molecule has 0 heteroatoms. The van der Waals surface area contributed by atoms with Gasteiger partial charge < -0.3 is 0 Å². The van der Waals surface area contributed by atoms with Crippen LogP contribution >= 0.6 is 0 Å². The molecule has 0 spiro atoms. The summed E-state index contributed by atoms with van der Waals surface area (Å²) in [6.45, 7) is 25.0. The Labute approximate surface area is 172 Å². The van der Waals surface area contributed by atoms with E-state index < -0.39 is 0 Å². The zero-order valence-corrected chi connectivity index (χ0v) is 19.5. The number of unbranched alkanes of at least 4 members (excludes halogenated alkanes) is 1. The third-order valence-corrected chi connectivity index (χ3v) is 2.52. The lowest BCUT2D eigenvalue weighted by Gasteiger charge is -1.98. The van der Waals surface area contributed by atoms with Gasteiger partial charge >= 0.3 is 0 Å². The molecular formula is C26H60. The second-order valence-electron chi connectivity index (χ2n) is 4.77. The van der Waals surface area contributed by atoms with E-state index >= 15 is 0 Å². The van der Waals surface area contributed by atoms with Crippen LogP contribution in [0.2, 0.25) is 0 Å². The highest BCUT2D eigenvalue weighted by atomic mass is 13.9. The van der Waals surface area contributed by atoms with E-state index in [1.54, 1.807) is 0 Å². The molecule has 0 aromatic heterocycles. The number of benzene rings is 1. The quantitative estimate of drug-likeness (QED) is 0.482. The van der Waals surface area contributed by atoms with Crippen molar-refractivity contribution in [3.05, 3.63) is 35.9 Å². The van der Waals surface area contributed by atoms with Crippen molar-refractivity contribution in [3.8, 4) is 0 Å². The fourth-order valence-corrected chi connectivity index (χ4v) is 1.55. The highest BCUT2D eigenvalue weighted by Gasteiger charge is 1.88. The highest BCUT2D eigenvalue weighted by Crippen LogP contribution is 2.04. The van der Waals surface area contributed by atoms with Crippen LogP contribution in [-0.2, 0) is 6.42 Å². The van der Waals surface area contributed by atoms with E-state index in [0.29, 0.717) is 0 Å². The molecule has 1 rings (SSSR count). The minimum Gasteiger partial charge on any atom is -0.0776 e. The van der Waals surface area contributed by atoms with Crippen LogP contribution in [0, 0.1) is 5.92 Å².